The molecule has 0 spiro atoms. The summed E-state index contributed by atoms with van der Waals surface area (Å²) in [7, 11) is -1.55. The van der Waals surface area contributed by atoms with Crippen molar-refractivity contribution >= 4 is 21.8 Å². The highest BCUT2D eigenvalue weighted by molar-refractivity contribution is 7.99. The molecule has 2 atom stereocenters. The minimum Gasteiger partial charge on any atom is -0.320 e. The number of hydrogen-bond donors (Lipinski definition) is 2. The Morgan fingerprint density at radius 3 is 2.95 bits per heavy atom. The first-order chi connectivity index (χ1) is 10.0. The molecule has 21 heavy (non-hydrogen) atoms. The lowest BCUT2D eigenvalue weighted by molar-refractivity contribution is 0.549. The van der Waals surface area contributed by atoms with Crippen LogP contribution in [0.15, 0.2) is 17.3 Å². The van der Waals surface area contributed by atoms with Crippen LogP contribution in [0, 0.1) is 0 Å². The predicted molar refractivity (Wildman–Crippen MR) is 86.0 cm³/mol. The van der Waals surface area contributed by atoms with Crippen LogP contribution in [0.1, 0.15) is 25.7 Å². The summed E-state index contributed by atoms with van der Waals surface area (Å²) in [5, 5.41) is 7.76. The van der Waals surface area contributed by atoms with Crippen molar-refractivity contribution in [2.24, 2.45) is 0 Å². The van der Waals surface area contributed by atoms with E-state index in [1.54, 1.807) is 10.9 Å². The molecule has 1 aliphatic rings. The Hall–Kier alpha value is -0.570. The average molecular weight is 332 g/mol. The summed E-state index contributed by atoms with van der Waals surface area (Å²) in [6.45, 7) is 1.60. The van der Waals surface area contributed by atoms with Gasteiger partial charge in [-0.05, 0) is 45.5 Å². The second-order valence-electron chi connectivity index (χ2n) is 5.39. The molecule has 1 aromatic rings. The monoisotopic (exact) mass is 332 g/mol. The molecule has 0 radical (unpaired) electrons. The van der Waals surface area contributed by atoms with Crippen molar-refractivity contribution in [2.45, 2.75) is 48.4 Å². The van der Waals surface area contributed by atoms with Gasteiger partial charge < -0.3 is 5.32 Å². The number of aromatic nitrogens is 2. The molecule has 0 aromatic carbocycles. The Morgan fingerprint density at radius 1 is 1.48 bits per heavy atom. The second-order valence-corrected chi connectivity index (χ2v) is 8.24. The van der Waals surface area contributed by atoms with E-state index in [0.717, 1.165) is 32.2 Å². The Labute approximate surface area is 131 Å². The summed E-state index contributed by atoms with van der Waals surface area (Å²) in [6.07, 6.45) is 8.96. The third-order valence-electron chi connectivity index (χ3n) is 3.77. The molecule has 6 nitrogen and oxygen atoms in total. The van der Waals surface area contributed by atoms with E-state index >= 15 is 0 Å². The van der Waals surface area contributed by atoms with E-state index in [4.69, 9.17) is 0 Å². The van der Waals surface area contributed by atoms with Crippen molar-refractivity contribution in [3.63, 3.8) is 0 Å². The van der Waals surface area contributed by atoms with Crippen LogP contribution < -0.4 is 10.0 Å². The van der Waals surface area contributed by atoms with Gasteiger partial charge in [0.1, 0.15) is 4.90 Å². The van der Waals surface area contributed by atoms with Gasteiger partial charge in [0.2, 0.25) is 10.0 Å². The van der Waals surface area contributed by atoms with Crippen molar-refractivity contribution in [3.8, 4) is 0 Å². The molecule has 1 aromatic heterocycles. The number of aryl methyl sites for hydroxylation is 1. The van der Waals surface area contributed by atoms with Crippen LogP contribution in [0.2, 0.25) is 0 Å². The van der Waals surface area contributed by atoms with Gasteiger partial charge in [-0.15, -0.1) is 0 Å². The smallest absolute Gasteiger partial charge is 0.243 e. The van der Waals surface area contributed by atoms with Crippen LogP contribution in [0.25, 0.3) is 0 Å². The summed E-state index contributed by atoms with van der Waals surface area (Å²) in [4.78, 5) is 0.263. The molecule has 0 saturated heterocycles. The topological polar surface area (TPSA) is 76.0 Å². The van der Waals surface area contributed by atoms with Crippen molar-refractivity contribution in [1.82, 2.24) is 19.8 Å². The summed E-state index contributed by atoms with van der Waals surface area (Å²) >= 11 is 1.82. The summed E-state index contributed by atoms with van der Waals surface area (Å²) < 4.78 is 29.2. The lowest BCUT2D eigenvalue weighted by Gasteiger charge is -2.12. The van der Waals surface area contributed by atoms with Crippen molar-refractivity contribution in [2.75, 3.05) is 19.8 Å². The third-order valence-corrected chi connectivity index (χ3v) is 6.34. The van der Waals surface area contributed by atoms with Crippen LogP contribution in [-0.2, 0) is 16.6 Å². The molecule has 0 bridgehead atoms. The number of sulfonamides is 1. The van der Waals surface area contributed by atoms with Crippen LogP contribution in [0.4, 0.5) is 0 Å². The fraction of sp³-hybridized carbons (Fsp3) is 0.769. The standard InChI is InChI=1S/C13H24N4O2S2/c1-14-6-3-7-17-10-13(9-15-17)21(18,19)16-11-4-5-12(8-11)20-2/h9-12,14,16H,3-8H2,1-2H3. The fourth-order valence-electron chi connectivity index (χ4n) is 2.57. The summed E-state index contributed by atoms with van der Waals surface area (Å²) in [5.74, 6) is 0. The molecule has 1 aliphatic carbocycles. The highest BCUT2D eigenvalue weighted by Gasteiger charge is 2.28. The number of thioether (sulfide) groups is 1. The quantitative estimate of drug-likeness (QED) is 0.696. The van der Waals surface area contributed by atoms with E-state index in [1.807, 2.05) is 18.8 Å². The third kappa shape index (κ3) is 4.70. The molecule has 0 amide bonds. The lowest BCUT2D eigenvalue weighted by Crippen LogP contribution is -2.33. The van der Waals surface area contributed by atoms with Crippen LogP contribution >= 0.6 is 11.8 Å². The molecule has 1 fully saturated rings. The zero-order valence-corrected chi connectivity index (χ0v) is 14.2. The number of rotatable bonds is 8. The molecular formula is C13H24N4O2S2. The van der Waals surface area contributed by atoms with Crippen LogP contribution in [0.3, 0.4) is 0 Å². The Morgan fingerprint density at radius 2 is 2.29 bits per heavy atom. The van der Waals surface area contributed by atoms with E-state index in [0.29, 0.717) is 11.8 Å². The Kier molecular flexibility index (Phi) is 6.09. The molecule has 8 heteroatoms. The first-order valence-corrected chi connectivity index (χ1v) is 10.0. The maximum atomic E-state index is 12.3. The molecular weight excluding hydrogens is 308 g/mol. The minimum atomic E-state index is -3.44. The first-order valence-electron chi connectivity index (χ1n) is 7.27. The van der Waals surface area contributed by atoms with Gasteiger partial charge in [-0.2, -0.15) is 16.9 Å². The molecule has 2 N–H and O–H groups in total. The van der Waals surface area contributed by atoms with E-state index < -0.39 is 10.0 Å². The first kappa shape index (κ1) is 16.8. The maximum Gasteiger partial charge on any atom is 0.243 e. The van der Waals surface area contributed by atoms with Gasteiger partial charge in [0.15, 0.2) is 0 Å². The van der Waals surface area contributed by atoms with Gasteiger partial charge in [-0.25, -0.2) is 13.1 Å². The van der Waals surface area contributed by atoms with Gasteiger partial charge in [-0.1, -0.05) is 0 Å². The van der Waals surface area contributed by atoms with E-state index in [2.05, 4.69) is 21.4 Å². The molecule has 120 valence electrons. The van der Waals surface area contributed by atoms with Gasteiger partial charge in [0, 0.05) is 24.0 Å². The Balaban J connectivity index is 1.93. The fourth-order valence-corrected chi connectivity index (χ4v) is 4.60. The summed E-state index contributed by atoms with van der Waals surface area (Å²) in [5.41, 5.74) is 0. The molecule has 2 unspecified atom stereocenters. The van der Waals surface area contributed by atoms with Crippen molar-refractivity contribution in [1.29, 1.82) is 0 Å². The van der Waals surface area contributed by atoms with Crippen molar-refractivity contribution in [3.05, 3.63) is 12.4 Å². The van der Waals surface area contributed by atoms with E-state index in [1.165, 1.54) is 6.20 Å². The van der Waals surface area contributed by atoms with Crippen molar-refractivity contribution < 1.29 is 8.42 Å². The molecule has 0 aliphatic heterocycles. The number of nitrogens with zero attached hydrogens (tertiary/aromatic N) is 2. The van der Waals surface area contributed by atoms with Crippen LogP contribution in [0.5, 0.6) is 0 Å². The molecule has 2 rings (SSSR count). The maximum absolute atomic E-state index is 12.3. The highest BCUT2D eigenvalue weighted by Crippen LogP contribution is 2.29. The van der Waals surface area contributed by atoms with Gasteiger partial charge >= 0.3 is 0 Å². The van der Waals surface area contributed by atoms with E-state index in [-0.39, 0.29) is 10.9 Å². The Bertz CT molecular complexity index is 544. The van der Waals surface area contributed by atoms with Gasteiger partial charge in [0.25, 0.3) is 0 Å². The lowest BCUT2D eigenvalue weighted by atomic mass is 10.3. The molecule has 1 saturated carbocycles. The normalized spacial score (nSPS) is 22.8. The van der Waals surface area contributed by atoms with Crippen LogP contribution in [-0.4, -0.2) is 49.3 Å². The highest BCUT2D eigenvalue weighted by atomic mass is 32.2. The predicted octanol–water partition coefficient (Wildman–Crippen LogP) is 1.06. The number of nitrogens with one attached hydrogen (secondary N) is 2. The minimum absolute atomic E-state index is 0.0556. The summed E-state index contributed by atoms with van der Waals surface area (Å²) in [6, 6.07) is 0.0556. The van der Waals surface area contributed by atoms with Gasteiger partial charge in [-0.3, -0.25) is 4.68 Å². The SMILES string of the molecule is CNCCCn1cc(S(=O)(=O)NC2CCC(SC)C2)cn1. The molecule has 1 heterocycles. The zero-order chi connectivity index (χ0) is 15.3. The average Bonchev–Trinajstić information content (AvgIpc) is 3.08. The second kappa shape index (κ2) is 7.62. The zero-order valence-electron chi connectivity index (χ0n) is 12.6. The number of hydrogen-bond acceptors (Lipinski definition) is 5. The largest absolute Gasteiger partial charge is 0.320 e. The van der Waals surface area contributed by atoms with E-state index in [9.17, 15) is 8.42 Å². The van der Waals surface area contributed by atoms with Gasteiger partial charge in [0.05, 0.1) is 6.20 Å².